The molecular weight excluding hydrogens is 407 g/mol. The van der Waals surface area contributed by atoms with Gasteiger partial charge in [-0.2, -0.15) is 0 Å². The highest BCUT2D eigenvalue weighted by Crippen LogP contribution is 2.37. The Bertz CT molecular complexity index is 1380. The second-order valence-electron chi connectivity index (χ2n) is 6.28. The third kappa shape index (κ3) is 2.46. The normalized spacial score (nSPS) is 16.4. The number of halogens is 2. The molecular formula is C20H8Cl2O6. The summed E-state index contributed by atoms with van der Waals surface area (Å²) in [4.78, 5) is 37.7. The molecule has 3 heterocycles. The number of ketones is 1. The number of rotatable bonds is 1. The molecule has 0 saturated heterocycles. The molecule has 2 aromatic heterocycles. The predicted molar refractivity (Wildman–Crippen MR) is 101 cm³/mol. The molecule has 0 aliphatic carbocycles. The van der Waals surface area contributed by atoms with Crippen molar-refractivity contribution in [2.24, 2.45) is 0 Å². The van der Waals surface area contributed by atoms with Gasteiger partial charge in [0.25, 0.3) is 0 Å². The molecule has 1 unspecified atom stereocenters. The summed E-state index contributed by atoms with van der Waals surface area (Å²) in [6, 6.07) is 10.4. The van der Waals surface area contributed by atoms with Crippen LogP contribution in [0.4, 0.5) is 0 Å². The number of carbonyl (C=O) groups is 2. The number of benzene rings is 2. The van der Waals surface area contributed by atoms with Crippen LogP contribution in [0.5, 0.6) is 5.75 Å². The molecule has 0 bridgehead atoms. The Hall–Kier alpha value is -3.09. The van der Waals surface area contributed by atoms with Gasteiger partial charge in [-0.15, -0.1) is 0 Å². The van der Waals surface area contributed by atoms with Crippen LogP contribution in [0, 0.1) is 0 Å². The third-order valence-electron chi connectivity index (χ3n) is 4.56. The van der Waals surface area contributed by atoms with Gasteiger partial charge < -0.3 is 13.6 Å². The van der Waals surface area contributed by atoms with Crippen molar-refractivity contribution in [3.05, 3.63) is 74.3 Å². The number of fused-ring (bicyclic) bond motifs is 4. The Morgan fingerprint density at radius 1 is 0.821 bits per heavy atom. The molecule has 4 aromatic rings. The molecule has 1 aliphatic rings. The van der Waals surface area contributed by atoms with Crippen molar-refractivity contribution >= 4 is 56.9 Å². The van der Waals surface area contributed by atoms with E-state index in [1.54, 1.807) is 18.2 Å². The van der Waals surface area contributed by atoms with E-state index in [1.807, 2.05) is 0 Å². The Morgan fingerprint density at radius 2 is 1.57 bits per heavy atom. The summed E-state index contributed by atoms with van der Waals surface area (Å²) in [5, 5.41) is 1.29. The Morgan fingerprint density at radius 3 is 2.39 bits per heavy atom. The van der Waals surface area contributed by atoms with Crippen molar-refractivity contribution in [1.82, 2.24) is 0 Å². The zero-order valence-electron chi connectivity index (χ0n) is 13.8. The molecule has 0 radical (unpaired) electrons. The first kappa shape index (κ1) is 17.0. The summed E-state index contributed by atoms with van der Waals surface area (Å²) in [5.41, 5.74) is -0.0314. The summed E-state index contributed by atoms with van der Waals surface area (Å²) >= 11 is 12.0. The van der Waals surface area contributed by atoms with Crippen LogP contribution >= 0.6 is 23.2 Å². The number of furan rings is 1. The summed E-state index contributed by atoms with van der Waals surface area (Å²) < 4.78 is 16.3. The first-order chi connectivity index (χ1) is 13.4. The maximum atomic E-state index is 12.9. The van der Waals surface area contributed by atoms with Crippen molar-refractivity contribution in [3.8, 4) is 5.75 Å². The van der Waals surface area contributed by atoms with Crippen LogP contribution in [0.25, 0.3) is 21.9 Å². The Balaban J connectivity index is 1.73. The van der Waals surface area contributed by atoms with Crippen LogP contribution in [0.2, 0.25) is 10.0 Å². The molecule has 5 rings (SSSR count). The molecule has 138 valence electrons. The SMILES string of the molecule is O=C1Oc2ccc(Cl)cc2C(=O)C1c1cc2c(=O)oc3ccc(Cl)cc3c2o1. The second kappa shape index (κ2) is 5.95. The van der Waals surface area contributed by atoms with Crippen LogP contribution in [0.15, 0.2) is 56.1 Å². The van der Waals surface area contributed by atoms with Gasteiger partial charge >= 0.3 is 11.6 Å². The number of hydrogen-bond donors (Lipinski definition) is 0. The first-order valence-corrected chi connectivity index (χ1v) is 8.89. The van der Waals surface area contributed by atoms with Crippen LogP contribution in [0.1, 0.15) is 22.0 Å². The molecule has 1 aliphatic heterocycles. The maximum Gasteiger partial charge on any atom is 0.347 e. The van der Waals surface area contributed by atoms with Gasteiger partial charge in [-0.1, -0.05) is 23.2 Å². The van der Waals surface area contributed by atoms with Crippen molar-refractivity contribution in [2.75, 3.05) is 0 Å². The number of ether oxygens (including phenoxy) is 1. The molecule has 28 heavy (non-hydrogen) atoms. The summed E-state index contributed by atoms with van der Waals surface area (Å²) in [6.07, 6.45) is 0. The topological polar surface area (TPSA) is 86.7 Å². The molecule has 0 spiro atoms. The van der Waals surface area contributed by atoms with Gasteiger partial charge in [-0.25, -0.2) is 4.79 Å². The average Bonchev–Trinajstić information content (AvgIpc) is 3.09. The van der Waals surface area contributed by atoms with E-state index in [0.29, 0.717) is 15.4 Å². The second-order valence-corrected chi connectivity index (χ2v) is 7.15. The predicted octanol–water partition coefficient (Wildman–Crippen LogP) is 4.73. The van der Waals surface area contributed by atoms with E-state index in [-0.39, 0.29) is 33.6 Å². The van der Waals surface area contributed by atoms with Crippen LogP contribution < -0.4 is 10.4 Å². The van der Waals surface area contributed by atoms with Crippen molar-refractivity contribution in [1.29, 1.82) is 0 Å². The zero-order valence-corrected chi connectivity index (χ0v) is 15.3. The van der Waals surface area contributed by atoms with Gasteiger partial charge in [0.1, 0.15) is 22.5 Å². The van der Waals surface area contributed by atoms with Crippen molar-refractivity contribution < 1.29 is 23.2 Å². The Labute approximate surface area is 166 Å². The molecule has 2 aromatic carbocycles. The fourth-order valence-corrected chi connectivity index (χ4v) is 3.63. The van der Waals surface area contributed by atoms with Crippen LogP contribution in [0.3, 0.4) is 0 Å². The van der Waals surface area contributed by atoms with E-state index in [4.69, 9.17) is 36.8 Å². The molecule has 0 saturated carbocycles. The monoisotopic (exact) mass is 414 g/mol. The molecule has 6 nitrogen and oxygen atoms in total. The minimum atomic E-state index is -1.35. The summed E-state index contributed by atoms with van der Waals surface area (Å²) in [6.45, 7) is 0. The summed E-state index contributed by atoms with van der Waals surface area (Å²) in [7, 11) is 0. The lowest BCUT2D eigenvalue weighted by atomic mass is 9.92. The number of esters is 1. The minimum absolute atomic E-state index is 0.0181. The van der Waals surface area contributed by atoms with E-state index >= 15 is 0 Å². The van der Waals surface area contributed by atoms with E-state index in [9.17, 15) is 14.4 Å². The van der Waals surface area contributed by atoms with Gasteiger partial charge in [0.15, 0.2) is 17.3 Å². The first-order valence-electron chi connectivity index (χ1n) is 8.13. The Kier molecular flexibility index (Phi) is 3.62. The lowest BCUT2D eigenvalue weighted by Gasteiger charge is -2.20. The lowest BCUT2D eigenvalue weighted by Crippen LogP contribution is -2.31. The zero-order chi connectivity index (χ0) is 19.6. The van der Waals surface area contributed by atoms with Gasteiger partial charge in [-0.05, 0) is 42.5 Å². The smallest absolute Gasteiger partial charge is 0.347 e. The number of Topliss-reactive ketones (excluding diaryl/α,β-unsaturated/α-hetero) is 1. The largest absolute Gasteiger partial charge is 0.459 e. The number of hydrogen-bond acceptors (Lipinski definition) is 6. The van der Waals surface area contributed by atoms with Crippen LogP contribution in [-0.4, -0.2) is 11.8 Å². The fourth-order valence-electron chi connectivity index (χ4n) is 3.29. The quantitative estimate of drug-likeness (QED) is 0.193. The lowest BCUT2D eigenvalue weighted by molar-refractivity contribution is -0.135. The van der Waals surface area contributed by atoms with E-state index in [2.05, 4.69) is 0 Å². The molecule has 0 N–H and O–H groups in total. The maximum absolute atomic E-state index is 12.9. The highest BCUT2D eigenvalue weighted by molar-refractivity contribution is 6.32. The van der Waals surface area contributed by atoms with Crippen molar-refractivity contribution in [2.45, 2.75) is 5.92 Å². The molecule has 8 heteroatoms. The van der Waals surface area contributed by atoms with Gasteiger partial charge in [-0.3, -0.25) is 9.59 Å². The average molecular weight is 415 g/mol. The van der Waals surface area contributed by atoms with E-state index in [1.165, 1.54) is 24.3 Å². The highest BCUT2D eigenvalue weighted by Gasteiger charge is 2.40. The summed E-state index contributed by atoms with van der Waals surface area (Å²) in [5.74, 6) is -2.57. The standard InChI is InChI=1S/C20H8Cl2O6/c21-8-1-3-13-10(5-8)17(23)16(20(25)28-13)15-7-12-18(26-15)11-6-9(22)2-4-14(11)27-19(12)24/h1-7,16H. The van der Waals surface area contributed by atoms with Gasteiger partial charge in [0, 0.05) is 10.0 Å². The molecule has 0 amide bonds. The third-order valence-corrected chi connectivity index (χ3v) is 5.03. The van der Waals surface area contributed by atoms with Crippen LogP contribution in [-0.2, 0) is 4.79 Å². The number of carbonyl (C=O) groups excluding carboxylic acids is 2. The van der Waals surface area contributed by atoms with Gasteiger partial charge in [0.2, 0.25) is 0 Å². The highest BCUT2D eigenvalue weighted by atomic mass is 35.5. The fraction of sp³-hybridized carbons (Fsp3) is 0.0500. The van der Waals surface area contributed by atoms with E-state index < -0.39 is 23.3 Å². The molecule has 1 atom stereocenters. The van der Waals surface area contributed by atoms with E-state index in [0.717, 1.165) is 0 Å². The van der Waals surface area contributed by atoms with Gasteiger partial charge in [0.05, 0.1) is 10.9 Å². The molecule has 0 fully saturated rings. The minimum Gasteiger partial charge on any atom is -0.459 e. The van der Waals surface area contributed by atoms with Crippen molar-refractivity contribution in [3.63, 3.8) is 0 Å².